The lowest BCUT2D eigenvalue weighted by Gasteiger charge is -2.34. The first-order chi connectivity index (χ1) is 21.5. The topological polar surface area (TPSA) is 112 Å². The molecule has 0 radical (unpaired) electrons. The molecule has 7 rings (SSSR count). The van der Waals surface area contributed by atoms with Crippen molar-refractivity contribution in [3.8, 4) is 17.0 Å². The fourth-order valence-electron chi connectivity index (χ4n) is 6.36. The minimum atomic E-state index is -0.452. The number of carbonyl (C=O) groups is 2. The molecule has 1 saturated heterocycles. The van der Waals surface area contributed by atoms with E-state index in [4.69, 9.17) is 4.74 Å². The highest BCUT2D eigenvalue weighted by molar-refractivity contribution is 6.05. The molecule has 1 saturated carbocycles. The second-order valence-corrected chi connectivity index (χ2v) is 11.6. The summed E-state index contributed by atoms with van der Waals surface area (Å²) in [6.45, 7) is 4.27. The van der Waals surface area contributed by atoms with Crippen molar-refractivity contribution in [2.24, 2.45) is 0 Å². The number of pyridine rings is 1. The van der Waals surface area contributed by atoms with Crippen LogP contribution in [0.3, 0.4) is 0 Å². The highest BCUT2D eigenvalue weighted by Crippen LogP contribution is 2.39. The number of carbonyl (C=O) groups excluding carboxylic acids is 2. The quantitative estimate of drug-likeness (QED) is 0.330. The fraction of sp³-hybridized carbons (Fsp3) is 0.406. The molecule has 0 unspecified atom stereocenters. The van der Waals surface area contributed by atoms with Gasteiger partial charge in [-0.3, -0.25) is 19.2 Å². The first-order valence-corrected chi connectivity index (χ1v) is 15.2. The summed E-state index contributed by atoms with van der Waals surface area (Å²) in [5, 5.41) is 8.30. The fourth-order valence-corrected chi connectivity index (χ4v) is 6.36. The number of fused-ring (bicyclic) bond motifs is 1. The molecule has 0 bridgehead atoms. The van der Waals surface area contributed by atoms with E-state index >= 15 is 4.39 Å². The van der Waals surface area contributed by atoms with Gasteiger partial charge < -0.3 is 19.5 Å². The lowest BCUT2D eigenvalue weighted by Crippen LogP contribution is -2.49. The Morgan fingerprint density at radius 3 is 2.64 bits per heavy atom. The number of H-pyrrole nitrogens is 1. The minimum absolute atomic E-state index is 0.0312. The number of ether oxygens (including phenoxy) is 1. The van der Waals surface area contributed by atoms with Gasteiger partial charge in [-0.1, -0.05) is 11.3 Å². The number of hydrogen-bond acceptors (Lipinski definition) is 7. The van der Waals surface area contributed by atoms with Gasteiger partial charge >= 0.3 is 0 Å². The van der Waals surface area contributed by atoms with Crippen LogP contribution in [-0.4, -0.2) is 104 Å². The van der Waals surface area contributed by atoms with Gasteiger partial charge in [0.25, 0.3) is 5.91 Å². The van der Waals surface area contributed by atoms with E-state index in [2.05, 4.69) is 25.2 Å². The third-order valence-electron chi connectivity index (χ3n) is 8.88. The van der Waals surface area contributed by atoms with Crippen LogP contribution in [0.5, 0.6) is 5.88 Å². The Bertz CT molecular complexity index is 1720. The normalized spacial score (nSPS) is 17.6. The molecular formula is C32H35FN8O3. The van der Waals surface area contributed by atoms with Crippen molar-refractivity contribution in [3.63, 3.8) is 0 Å². The van der Waals surface area contributed by atoms with E-state index in [1.54, 1.807) is 53.5 Å². The first kappa shape index (κ1) is 28.2. The maximum Gasteiger partial charge on any atom is 0.270 e. The summed E-state index contributed by atoms with van der Waals surface area (Å²) >= 11 is 0. The molecule has 44 heavy (non-hydrogen) atoms. The van der Waals surface area contributed by atoms with Crippen molar-refractivity contribution in [1.82, 2.24) is 39.7 Å². The molecule has 1 aliphatic carbocycles. The second-order valence-electron chi connectivity index (χ2n) is 11.6. The molecule has 1 aromatic carbocycles. The van der Waals surface area contributed by atoms with E-state index in [0.717, 1.165) is 13.1 Å². The van der Waals surface area contributed by atoms with Gasteiger partial charge in [-0.05, 0) is 54.7 Å². The largest absolute Gasteiger partial charge is 0.481 e. The zero-order valence-corrected chi connectivity index (χ0v) is 24.7. The van der Waals surface area contributed by atoms with Crippen molar-refractivity contribution in [1.29, 1.82) is 0 Å². The highest BCUT2D eigenvalue weighted by atomic mass is 19.1. The maximum atomic E-state index is 16.5. The molecule has 0 atom stereocenters. The van der Waals surface area contributed by atoms with Crippen molar-refractivity contribution >= 4 is 28.3 Å². The SMILES string of the molecule is COc1ncccc1-c1cc(C2=CCCN(C(=O)CCn3ccnn3)C2)c(F)c2[nH]c(C(=O)N3CCN(C4CC4)CC3)cc12. The average molecular weight is 599 g/mol. The number of halogens is 1. The van der Waals surface area contributed by atoms with E-state index in [1.165, 1.54) is 12.8 Å². The summed E-state index contributed by atoms with van der Waals surface area (Å²) in [5.74, 6) is -0.217. The van der Waals surface area contributed by atoms with Crippen LogP contribution >= 0.6 is 0 Å². The molecule has 3 aromatic heterocycles. The Morgan fingerprint density at radius 2 is 1.89 bits per heavy atom. The molecule has 2 amide bonds. The predicted octanol–water partition coefficient (Wildman–Crippen LogP) is 3.60. The molecule has 5 heterocycles. The van der Waals surface area contributed by atoms with E-state index in [-0.39, 0.29) is 30.3 Å². The standard InChI is InChI=1S/C32H35FN8O3/c1-44-31-23(5-2-9-34-31)25-18-24(21-4-3-11-40(20-21)28(42)8-12-41-13-10-35-37-41)29(33)30-26(25)19-27(36-30)32(43)39-16-14-38(15-17-39)22-6-7-22/h2,4-5,9-10,13,18-19,22,36H,3,6-8,11-12,14-17,20H2,1H3. The van der Waals surface area contributed by atoms with E-state index in [9.17, 15) is 9.59 Å². The van der Waals surface area contributed by atoms with Gasteiger partial charge in [-0.2, -0.15) is 0 Å². The van der Waals surface area contributed by atoms with Gasteiger partial charge in [0.05, 0.1) is 25.4 Å². The van der Waals surface area contributed by atoms with Gasteiger partial charge in [0.1, 0.15) is 5.69 Å². The molecular weight excluding hydrogens is 563 g/mol. The summed E-state index contributed by atoms with van der Waals surface area (Å²) in [6, 6.07) is 7.89. The number of aromatic nitrogens is 5. The molecule has 1 N–H and O–H groups in total. The third-order valence-corrected chi connectivity index (χ3v) is 8.88. The van der Waals surface area contributed by atoms with Crippen molar-refractivity contribution in [3.05, 3.63) is 66.0 Å². The van der Waals surface area contributed by atoms with Crippen LogP contribution in [0.2, 0.25) is 0 Å². The number of benzene rings is 1. The Hall–Kier alpha value is -4.58. The van der Waals surface area contributed by atoms with Crippen molar-refractivity contribution in [2.75, 3.05) is 46.4 Å². The highest BCUT2D eigenvalue weighted by Gasteiger charge is 2.33. The van der Waals surface area contributed by atoms with Crippen LogP contribution in [0, 0.1) is 5.82 Å². The number of piperazine rings is 1. The van der Waals surface area contributed by atoms with Crippen LogP contribution in [0.15, 0.2) is 48.9 Å². The number of hydrogen-bond donors (Lipinski definition) is 1. The van der Waals surface area contributed by atoms with Gasteiger partial charge in [-0.25, -0.2) is 9.37 Å². The van der Waals surface area contributed by atoms with E-state index in [0.29, 0.717) is 77.9 Å². The Kier molecular flexibility index (Phi) is 7.59. The molecule has 2 aliphatic heterocycles. The number of rotatable bonds is 8. The molecule has 0 spiro atoms. The Labute approximate surface area is 254 Å². The number of aromatic amines is 1. The van der Waals surface area contributed by atoms with Gasteiger partial charge in [0.15, 0.2) is 5.82 Å². The smallest absolute Gasteiger partial charge is 0.270 e. The van der Waals surface area contributed by atoms with Crippen molar-refractivity contribution < 1.29 is 18.7 Å². The lowest BCUT2D eigenvalue weighted by atomic mass is 9.93. The number of methoxy groups -OCH3 is 1. The van der Waals surface area contributed by atoms with Crippen molar-refractivity contribution in [2.45, 2.75) is 38.3 Å². The maximum absolute atomic E-state index is 16.5. The number of amides is 2. The minimum Gasteiger partial charge on any atom is -0.481 e. The van der Waals surface area contributed by atoms with Crippen LogP contribution in [0.25, 0.3) is 27.6 Å². The molecule has 2 fully saturated rings. The Balaban J connectivity index is 1.22. The second kappa shape index (κ2) is 11.8. The van der Waals surface area contributed by atoms with E-state index in [1.807, 2.05) is 17.0 Å². The zero-order chi connectivity index (χ0) is 30.2. The zero-order valence-electron chi connectivity index (χ0n) is 24.7. The van der Waals surface area contributed by atoms with Gasteiger partial charge in [-0.15, -0.1) is 5.10 Å². The van der Waals surface area contributed by atoms with E-state index < -0.39 is 5.82 Å². The van der Waals surface area contributed by atoms with Crippen LogP contribution in [0.4, 0.5) is 4.39 Å². The summed E-state index contributed by atoms with van der Waals surface area (Å²) in [4.78, 5) is 40.3. The number of nitrogens with one attached hydrogen (secondary N) is 1. The summed E-state index contributed by atoms with van der Waals surface area (Å²) in [5.41, 5.74) is 3.08. The average Bonchev–Trinajstić information content (AvgIpc) is 3.59. The molecule has 12 heteroatoms. The molecule has 228 valence electrons. The Morgan fingerprint density at radius 1 is 1.05 bits per heavy atom. The van der Waals surface area contributed by atoms with Crippen LogP contribution < -0.4 is 4.74 Å². The third kappa shape index (κ3) is 5.45. The van der Waals surface area contributed by atoms with Crippen LogP contribution in [-0.2, 0) is 11.3 Å². The first-order valence-electron chi connectivity index (χ1n) is 15.2. The number of aryl methyl sites for hydroxylation is 1. The number of nitrogens with zero attached hydrogens (tertiary/aromatic N) is 7. The summed E-state index contributed by atoms with van der Waals surface area (Å²) in [7, 11) is 1.55. The van der Waals surface area contributed by atoms with Crippen LogP contribution in [0.1, 0.15) is 41.7 Å². The molecule has 3 aliphatic rings. The summed E-state index contributed by atoms with van der Waals surface area (Å²) in [6.07, 6.45) is 10.3. The monoisotopic (exact) mass is 598 g/mol. The molecule has 4 aromatic rings. The van der Waals surface area contributed by atoms with Gasteiger partial charge in [0, 0.05) is 80.6 Å². The lowest BCUT2D eigenvalue weighted by molar-refractivity contribution is -0.131. The molecule has 11 nitrogen and oxygen atoms in total. The predicted molar refractivity (Wildman–Crippen MR) is 162 cm³/mol. The van der Waals surface area contributed by atoms with Gasteiger partial charge in [0.2, 0.25) is 11.8 Å². The summed E-state index contributed by atoms with van der Waals surface area (Å²) < 4.78 is 23.7.